The molecule has 1 aliphatic carbocycles. The lowest BCUT2D eigenvalue weighted by Gasteiger charge is -2.24. The number of nitrogens with zero attached hydrogens (tertiary/aromatic N) is 2. The summed E-state index contributed by atoms with van der Waals surface area (Å²) in [4.78, 5) is 19.1. The van der Waals surface area contributed by atoms with E-state index < -0.39 is 0 Å². The van der Waals surface area contributed by atoms with Gasteiger partial charge in [-0.15, -0.1) is 11.3 Å². The molecule has 2 aromatic rings. The molecule has 0 bridgehead atoms. The van der Waals surface area contributed by atoms with E-state index in [1.807, 2.05) is 23.6 Å². The number of hydrogen-bond acceptors (Lipinski definition) is 6. The van der Waals surface area contributed by atoms with Crippen LogP contribution in [0.15, 0.2) is 29.8 Å². The molecule has 0 saturated heterocycles. The molecule has 1 saturated carbocycles. The van der Waals surface area contributed by atoms with E-state index in [4.69, 9.17) is 15.2 Å². The van der Waals surface area contributed by atoms with Crippen molar-refractivity contribution < 1.29 is 14.3 Å². The summed E-state index contributed by atoms with van der Waals surface area (Å²) in [7, 11) is 3.23. The van der Waals surface area contributed by atoms with Crippen molar-refractivity contribution in [3.63, 3.8) is 0 Å². The fourth-order valence-electron chi connectivity index (χ4n) is 3.42. The van der Waals surface area contributed by atoms with Gasteiger partial charge in [0, 0.05) is 35.7 Å². The van der Waals surface area contributed by atoms with E-state index in [1.165, 1.54) is 11.3 Å². The normalized spacial score (nSPS) is 19.3. The number of carbonyl (C=O) groups is 1. The van der Waals surface area contributed by atoms with Crippen LogP contribution in [0.1, 0.15) is 31.2 Å². The smallest absolute Gasteiger partial charge is 0.229 e. The highest BCUT2D eigenvalue weighted by atomic mass is 32.1. The molecule has 2 atom stereocenters. The Bertz CT molecular complexity index is 736. The molecule has 0 unspecified atom stereocenters. The van der Waals surface area contributed by atoms with Crippen molar-refractivity contribution >= 4 is 22.4 Å². The third kappa shape index (κ3) is 4.16. The highest BCUT2D eigenvalue weighted by molar-refractivity contribution is 7.13. The fraction of sp³-hybridized carbons (Fsp3) is 0.474. The number of hydrogen-bond donors (Lipinski definition) is 1. The van der Waals surface area contributed by atoms with Gasteiger partial charge in [0.2, 0.25) is 5.91 Å². The van der Waals surface area contributed by atoms with Gasteiger partial charge < -0.3 is 15.2 Å². The summed E-state index contributed by atoms with van der Waals surface area (Å²) < 4.78 is 10.7. The summed E-state index contributed by atoms with van der Waals surface area (Å²) in [5.74, 6) is 1.72. The molecular weight excluding hydrogens is 350 g/mol. The molecule has 7 heteroatoms. The third-order valence-corrected chi connectivity index (χ3v) is 5.72. The second-order valence-electron chi connectivity index (χ2n) is 6.53. The zero-order chi connectivity index (χ0) is 18.5. The van der Waals surface area contributed by atoms with E-state index in [0.29, 0.717) is 23.8 Å². The van der Waals surface area contributed by atoms with E-state index >= 15 is 0 Å². The molecule has 140 valence electrons. The summed E-state index contributed by atoms with van der Waals surface area (Å²) in [5, 5.41) is 2.57. The number of carbonyl (C=O) groups excluding carboxylic acids is 1. The molecule has 1 aromatic heterocycles. The van der Waals surface area contributed by atoms with E-state index in [0.717, 1.165) is 30.6 Å². The molecule has 3 rings (SSSR count). The second kappa shape index (κ2) is 8.51. The lowest BCUT2D eigenvalue weighted by Crippen LogP contribution is -2.35. The lowest BCUT2D eigenvalue weighted by molar-refractivity contribution is -0.119. The quantitative estimate of drug-likeness (QED) is 0.804. The average Bonchev–Trinajstić information content (AvgIpc) is 3.32. The van der Waals surface area contributed by atoms with E-state index in [2.05, 4.69) is 4.98 Å². The van der Waals surface area contributed by atoms with Crippen molar-refractivity contribution in [1.29, 1.82) is 0 Å². The number of anilines is 1. The van der Waals surface area contributed by atoms with Crippen molar-refractivity contribution in [2.45, 2.75) is 38.3 Å². The van der Waals surface area contributed by atoms with Gasteiger partial charge in [-0.1, -0.05) is 6.42 Å². The number of rotatable bonds is 7. The van der Waals surface area contributed by atoms with Gasteiger partial charge in [0.15, 0.2) is 5.13 Å². The molecule has 0 aliphatic heterocycles. The minimum atomic E-state index is 0.0557. The lowest BCUT2D eigenvalue weighted by atomic mass is 9.99. The number of benzene rings is 1. The third-order valence-electron chi connectivity index (χ3n) is 4.93. The number of thiazole rings is 1. The molecule has 6 nitrogen and oxygen atoms in total. The molecule has 0 spiro atoms. The highest BCUT2D eigenvalue weighted by Gasteiger charge is 2.29. The molecule has 26 heavy (non-hydrogen) atoms. The van der Waals surface area contributed by atoms with Crippen molar-refractivity contribution in [3.8, 4) is 11.5 Å². The molecular formula is C19H25N3O3S. The van der Waals surface area contributed by atoms with Crippen LogP contribution in [0.5, 0.6) is 11.5 Å². The Balaban J connectivity index is 1.82. The van der Waals surface area contributed by atoms with Crippen LogP contribution < -0.4 is 20.1 Å². The Kier molecular flexibility index (Phi) is 6.11. The maximum Gasteiger partial charge on any atom is 0.229 e. The van der Waals surface area contributed by atoms with Gasteiger partial charge in [-0.2, -0.15) is 0 Å². The average molecular weight is 375 g/mol. The summed E-state index contributed by atoms with van der Waals surface area (Å²) in [6.45, 7) is 0.404. The van der Waals surface area contributed by atoms with Gasteiger partial charge in [-0.25, -0.2) is 4.98 Å². The van der Waals surface area contributed by atoms with Crippen molar-refractivity contribution in [2.24, 2.45) is 11.7 Å². The maximum atomic E-state index is 13.0. The molecule has 1 aromatic carbocycles. The van der Waals surface area contributed by atoms with Gasteiger partial charge in [-0.3, -0.25) is 9.69 Å². The Labute approximate surface area is 157 Å². The summed E-state index contributed by atoms with van der Waals surface area (Å²) in [6, 6.07) is 5.74. The Morgan fingerprint density at radius 2 is 2.19 bits per heavy atom. The van der Waals surface area contributed by atoms with Gasteiger partial charge >= 0.3 is 0 Å². The number of amides is 1. The number of methoxy groups -OCH3 is 2. The van der Waals surface area contributed by atoms with Crippen molar-refractivity contribution in [2.75, 3.05) is 19.1 Å². The van der Waals surface area contributed by atoms with Crippen LogP contribution in [0, 0.1) is 5.92 Å². The van der Waals surface area contributed by atoms with E-state index in [-0.39, 0.29) is 17.9 Å². The topological polar surface area (TPSA) is 77.7 Å². The Hall–Kier alpha value is -2.12. The minimum Gasteiger partial charge on any atom is -0.497 e. The zero-order valence-corrected chi connectivity index (χ0v) is 16.0. The highest BCUT2D eigenvalue weighted by Crippen LogP contribution is 2.31. The minimum absolute atomic E-state index is 0.0557. The molecule has 1 amide bonds. The first kappa shape index (κ1) is 18.7. The molecule has 1 aliphatic rings. The first-order valence-electron chi connectivity index (χ1n) is 8.78. The van der Waals surface area contributed by atoms with E-state index in [9.17, 15) is 4.79 Å². The maximum absolute atomic E-state index is 13.0. The molecule has 2 N–H and O–H groups in total. The zero-order valence-electron chi connectivity index (χ0n) is 15.2. The van der Waals surface area contributed by atoms with Crippen LogP contribution >= 0.6 is 11.3 Å². The summed E-state index contributed by atoms with van der Waals surface area (Å²) in [6.07, 6.45) is 5.29. The van der Waals surface area contributed by atoms with Crippen LogP contribution in [0.2, 0.25) is 0 Å². The van der Waals surface area contributed by atoms with Crippen molar-refractivity contribution in [3.05, 3.63) is 35.3 Å². The summed E-state index contributed by atoms with van der Waals surface area (Å²) >= 11 is 1.46. The number of nitrogens with two attached hydrogens (primary N) is 1. The van der Waals surface area contributed by atoms with Crippen molar-refractivity contribution in [1.82, 2.24) is 4.98 Å². The largest absolute Gasteiger partial charge is 0.497 e. The standard InChI is InChI=1S/C19H25N3O3S/c1-24-15-7-6-14(17(11-15)25-2)12-22(19-21-8-9-26-19)18(23)10-13-4-3-5-16(13)20/h6-9,11,13,16H,3-5,10,12,20H2,1-2H3/t13-,16+/m0/s1. The fourth-order valence-corrected chi connectivity index (χ4v) is 4.08. The predicted octanol–water partition coefficient (Wildman–Crippen LogP) is 3.21. The van der Waals surface area contributed by atoms with Gasteiger partial charge in [0.25, 0.3) is 0 Å². The van der Waals surface area contributed by atoms with Crippen LogP contribution in [-0.4, -0.2) is 31.2 Å². The van der Waals surface area contributed by atoms with Crippen LogP contribution in [0.3, 0.4) is 0 Å². The predicted molar refractivity (Wildman–Crippen MR) is 103 cm³/mol. The van der Waals surface area contributed by atoms with Gasteiger partial charge in [0.1, 0.15) is 11.5 Å². The van der Waals surface area contributed by atoms with Crippen LogP contribution in [-0.2, 0) is 11.3 Å². The number of ether oxygens (including phenoxy) is 2. The van der Waals surface area contributed by atoms with Crippen LogP contribution in [0.4, 0.5) is 5.13 Å². The summed E-state index contributed by atoms with van der Waals surface area (Å²) in [5.41, 5.74) is 7.07. The molecule has 1 fully saturated rings. The monoisotopic (exact) mass is 375 g/mol. The first-order chi connectivity index (χ1) is 12.6. The Morgan fingerprint density at radius 3 is 2.81 bits per heavy atom. The number of aromatic nitrogens is 1. The molecule has 1 heterocycles. The van der Waals surface area contributed by atoms with Crippen LogP contribution in [0.25, 0.3) is 0 Å². The van der Waals surface area contributed by atoms with Gasteiger partial charge in [0.05, 0.1) is 20.8 Å². The van der Waals surface area contributed by atoms with E-state index in [1.54, 1.807) is 25.3 Å². The molecule has 0 radical (unpaired) electrons. The second-order valence-corrected chi connectivity index (χ2v) is 7.40. The Morgan fingerprint density at radius 1 is 1.35 bits per heavy atom. The van der Waals surface area contributed by atoms with Gasteiger partial charge in [-0.05, 0) is 30.9 Å². The first-order valence-corrected chi connectivity index (χ1v) is 9.66. The SMILES string of the molecule is COc1ccc(CN(C(=O)C[C@@H]2CCC[C@H]2N)c2nccs2)c(OC)c1.